The van der Waals surface area contributed by atoms with Gasteiger partial charge in [-0.15, -0.1) is 0 Å². The van der Waals surface area contributed by atoms with Gasteiger partial charge in [0.1, 0.15) is 11.4 Å². The molecule has 2 aromatic heterocycles. The van der Waals surface area contributed by atoms with Crippen molar-refractivity contribution in [1.82, 2.24) is 24.8 Å². The molecule has 0 aromatic carbocycles. The van der Waals surface area contributed by atoms with E-state index in [0.29, 0.717) is 11.5 Å². The second-order valence-corrected chi connectivity index (χ2v) is 6.09. The zero-order chi connectivity index (χ0) is 15.5. The molecule has 0 spiro atoms. The minimum absolute atomic E-state index is 0.120. The van der Waals surface area contributed by atoms with E-state index in [-0.39, 0.29) is 11.9 Å². The van der Waals surface area contributed by atoms with Gasteiger partial charge in [-0.3, -0.25) is 4.79 Å². The molecule has 1 aliphatic carbocycles. The summed E-state index contributed by atoms with van der Waals surface area (Å²) in [5, 5.41) is 3.09. The van der Waals surface area contributed by atoms with E-state index in [1.54, 1.807) is 24.8 Å². The van der Waals surface area contributed by atoms with Gasteiger partial charge >= 0.3 is 0 Å². The van der Waals surface area contributed by atoms with Crippen molar-refractivity contribution in [2.24, 2.45) is 13.0 Å². The van der Waals surface area contributed by atoms with Gasteiger partial charge in [0.25, 0.3) is 5.91 Å². The van der Waals surface area contributed by atoms with Crippen LogP contribution in [0.25, 0.3) is 11.5 Å². The Morgan fingerprint density at radius 1 is 1.32 bits per heavy atom. The van der Waals surface area contributed by atoms with Crippen LogP contribution in [-0.4, -0.2) is 31.5 Å². The van der Waals surface area contributed by atoms with E-state index in [4.69, 9.17) is 0 Å². The molecule has 6 nitrogen and oxygen atoms in total. The maximum absolute atomic E-state index is 12.4. The lowest BCUT2D eigenvalue weighted by atomic mass is 9.87. The number of hydrogen-bond donors (Lipinski definition) is 1. The number of nitrogens with one attached hydrogen (secondary N) is 1. The van der Waals surface area contributed by atoms with Gasteiger partial charge in [-0.2, -0.15) is 0 Å². The van der Waals surface area contributed by atoms with Crippen LogP contribution in [0.4, 0.5) is 0 Å². The summed E-state index contributed by atoms with van der Waals surface area (Å²) in [5.74, 6) is 1.17. The first-order valence-corrected chi connectivity index (χ1v) is 7.74. The van der Waals surface area contributed by atoms with E-state index in [1.807, 2.05) is 11.6 Å². The molecule has 2 aromatic rings. The molecule has 0 radical (unpaired) electrons. The highest BCUT2D eigenvalue weighted by molar-refractivity contribution is 5.92. The topological polar surface area (TPSA) is 72.7 Å². The summed E-state index contributed by atoms with van der Waals surface area (Å²) in [6, 6.07) is 1.92. The Morgan fingerprint density at radius 3 is 2.77 bits per heavy atom. The first-order chi connectivity index (χ1) is 10.6. The van der Waals surface area contributed by atoms with Crippen LogP contribution in [0, 0.1) is 5.92 Å². The van der Waals surface area contributed by atoms with Crippen molar-refractivity contribution < 1.29 is 4.79 Å². The zero-order valence-electron chi connectivity index (χ0n) is 13.0. The van der Waals surface area contributed by atoms with Crippen LogP contribution in [0.2, 0.25) is 0 Å². The largest absolute Gasteiger partial charge is 0.348 e. The van der Waals surface area contributed by atoms with Gasteiger partial charge in [-0.1, -0.05) is 6.92 Å². The summed E-state index contributed by atoms with van der Waals surface area (Å²) >= 11 is 0. The van der Waals surface area contributed by atoms with Gasteiger partial charge in [0, 0.05) is 19.3 Å². The maximum atomic E-state index is 12.4. The second kappa shape index (κ2) is 6.25. The molecule has 116 valence electrons. The van der Waals surface area contributed by atoms with Gasteiger partial charge in [0.15, 0.2) is 5.82 Å². The number of aromatic nitrogens is 4. The summed E-state index contributed by atoms with van der Waals surface area (Å²) in [4.78, 5) is 25.0. The van der Waals surface area contributed by atoms with Crippen molar-refractivity contribution in [3.8, 4) is 11.5 Å². The average Bonchev–Trinajstić information content (AvgIpc) is 2.96. The average molecular weight is 299 g/mol. The maximum Gasteiger partial charge on any atom is 0.270 e. The molecule has 0 atom stereocenters. The standard InChI is InChI=1S/C16H21N5O/c1-11-3-5-12(6-4-11)19-16(22)13-7-8-18-15(20-13)14-9-17-10-21(14)2/h7-12H,3-6H2,1-2H3,(H,19,22). The van der Waals surface area contributed by atoms with Gasteiger partial charge in [0.05, 0.1) is 12.5 Å². The molecule has 1 saturated carbocycles. The van der Waals surface area contributed by atoms with E-state index in [2.05, 4.69) is 27.2 Å². The minimum atomic E-state index is -0.120. The van der Waals surface area contributed by atoms with E-state index >= 15 is 0 Å². The fourth-order valence-corrected chi connectivity index (χ4v) is 2.84. The molecule has 2 heterocycles. The number of nitrogens with zero attached hydrogens (tertiary/aromatic N) is 4. The first-order valence-electron chi connectivity index (χ1n) is 7.74. The van der Waals surface area contributed by atoms with Crippen LogP contribution < -0.4 is 5.32 Å². The molecule has 3 rings (SSSR count). The molecule has 0 unspecified atom stereocenters. The Morgan fingerprint density at radius 2 is 2.09 bits per heavy atom. The van der Waals surface area contributed by atoms with Crippen molar-refractivity contribution in [2.75, 3.05) is 0 Å². The Kier molecular flexibility index (Phi) is 4.18. The summed E-state index contributed by atoms with van der Waals surface area (Å²) in [5.41, 5.74) is 1.20. The molecule has 1 aliphatic rings. The Bertz CT molecular complexity index is 658. The number of carbonyl (C=O) groups is 1. The normalized spacial score (nSPS) is 21.5. The van der Waals surface area contributed by atoms with Gasteiger partial charge < -0.3 is 9.88 Å². The van der Waals surface area contributed by atoms with Crippen molar-refractivity contribution in [3.05, 3.63) is 30.5 Å². The Balaban J connectivity index is 1.72. The molecule has 1 amide bonds. The van der Waals surface area contributed by atoms with Crippen molar-refractivity contribution in [2.45, 2.75) is 38.6 Å². The highest BCUT2D eigenvalue weighted by atomic mass is 16.1. The molecule has 1 N–H and O–H groups in total. The fourth-order valence-electron chi connectivity index (χ4n) is 2.84. The lowest BCUT2D eigenvalue weighted by molar-refractivity contribution is 0.0918. The first kappa shape index (κ1) is 14.7. The molecule has 1 fully saturated rings. The fraction of sp³-hybridized carbons (Fsp3) is 0.500. The van der Waals surface area contributed by atoms with Crippen molar-refractivity contribution >= 4 is 5.91 Å². The van der Waals surface area contributed by atoms with E-state index in [1.165, 1.54) is 12.8 Å². The smallest absolute Gasteiger partial charge is 0.270 e. The monoisotopic (exact) mass is 299 g/mol. The van der Waals surface area contributed by atoms with Crippen LogP contribution in [-0.2, 0) is 7.05 Å². The molecular weight excluding hydrogens is 278 g/mol. The highest BCUT2D eigenvalue weighted by Gasteiger charge is 2.21. The van der Waals surface area contributed by atoms with E-state index in [0.717, 1.165) is 24.5 Å². The van der Waals surface area contributed by atoms with Crippen LogP contribution in [0.5, 0.6) is 0 Å². The third kappa shape index (κ3) is 3.16. The number of carbonyl (C=O) groups excluding carboxylic acids is 1. The molecule has 0 aliphatic heterocycles. The van der Waals surface area contributed by atoms with E-state index < -0.39 is 0 Å². The van der Waals surface area contributed by atoms with Gasteiger partial charge in [-0.05, 0) is 37.7 Å². The number of imidazole rings is 1. The third-order valence-electron chi connectivity index (χ3n) is 4.29. The number of amides is 1. The van der Waals surface area contributed by atoms with Crippen LogP contribution in [0.3, 0.4) is 0 Å². The molecule has 0 saturated heterocycles. The summed E-state index contributed by atoms with van der Waals surface area (Å²) in [6.45, 7) is 2.27. The molecular formula is C16H21N5O. The minimum Gasteiger partial charge on any atom is -0.348 e. The number of hydrogen-bond acceptors (Lipinski definition) is 4. The molecule has 22 heavy (non-hydrogen) atoms. The lowest BCUT2D eigenvalue weighted by Crippen LogP contribution is -2.37. The number of aryl methyl sites for hydroxylation is 1. The van der Waals surface area contributed by atoms with Gasteiger partial charge in [-0.25, -0.2) is 15.0 Å². The molecule has 0 bridgehead atoms. The predicted octanol–water partition coefficient (Wildman–Crippen LogP) is 2.19. The molecule has 6 heteroatoms. The summed E-state index contributed by atoms with van der Waals surface area (Å²) in [7, 11) is 1.88. The third-order valence-corrected chi connectivity index (χ3v) is 4.29. The van der Waals surface area contributed by atoms with Crippen molar-refractivity contribution in [1.29, 1.82) is 0 Å². The van der Waals surface area contributed by atoms with Crippen molar-refractivity contribution in [3.63, 3.8) is 0 Å². The quantitative estimate of drug-likeness (QED) is 0.943. The van der Waals surface area contributed by atoms with Crippen LogP contribution >= 0.6 is 0 Å². The lowest BCUT2D eigenvalue weighted by Gasteiger charge is -2.26. The summed E-state index contributed by atoms with van der Waals surface area (Å²) < 4.78 is 1.83. The zero-order valence-corrected chi connectivity index (χ0v) is 13.0. The Hall–Kier alpha value is -2.24. The SMILES string of the molecule is CC1CCC(NC(=O)c2ccnc(-c3cncn3C)n2)CC1. The second-order valence-electron chi connectivity index (χ2n) is 6.09. The van der Waals surface area contributed by atoms with Gasteiger partial charge in [0.2, 0.25) is 0 Å². The van der Waals surface area contributed by atoms with E-state index in [9.17, 15) is 4.79 Å². The number of rotatable bonds is 3. The van der Waals surface area contributed by atoms with Crippen LogP contribution in [0.15, 0.2) is 24.8 Å². The Labute approximate surface area is 130 Å². The van der Waals surface area contributed by atoms with Crippen LogP contribution in [0.1, 0.15) is 43.1 Å². The predicted molar refractivity (Wildman–Crippen MR) is 83.1 cm³/mol. The summed E-state index contributed by atoms with van der Waals surface area (Å²) in [6.07, 6.45) is 9.45. The highest BCUT2D eigenvalue weighted by Crippen LogP contribution is 2.23.